The molecule has 92 valence electrons. The van der Waals surface area contributed by atoms with Gasteiger partial charge in [-0.2, -0.15) is 0 Å². The highest BCUT2D eigenvalue weighted by Gasteiger charge is 2.30. The van der Waals surface area contributed by atoms with Crippen LogP contribution < -0.4 is 11.5 Å². The summed E-state index contributed by atoms with van der Waals surface area (Å²) < 4.78 is 0. The van der Waals surface area contributed by atoms with Crippen LogP contribution in [-0.4, -0.2) is 11.4 Å². The zero-order valence-corrected chi connectivity index (χ0v) is 10.1. The Kier molecular flexibility index (Phi) is 4.91. The fraction of sp³-hybridized carbons (Fsp3) is 0.357. The normalized spacial score (nSPS) is 13.9. The Morgan fingerprint density at radius 3 is 2.47 bits per heavy atom. The maximum Gasteiger partial charge on any atom is 0.237 e. The molecule has 3 heteroatoms. The van der Waals surface area contributed by atoms with Crippen molar-refractivity contribution in [2.75, 3.05) is 0 Å². The first kappa shape index (κ1) is 13.5. The summed E-state index contributed by atoms with van der Waals surface area (Å²) in [5.41, 5.74) is 11.7. The first-order chi connectivity index (χ1) is 8.08. The van der Waals surface area contributed by atoms with E-state index in [1.54, 1.807) is 6.08 Å². The third-order valence-electron chi connectivity index (χ3n) is 2.99. The lowest BCUT2D eigenvalue weighted by molar-refractivity contribution is -0.123. The Morgan fingerprint density at radius 2 is 1.94 bits per heavy atom. The molecule has 0 fully saturated rings. The number of aryl methyl sites for hydroxylation is 1. The van der Waals surface area contributed by atoms with Gasteiger partial charge < -0.3 is 11.5 Å². The van der Waals surface area contributed by atoms with E-state index in [2.05, 4.69) is 6.58 Å². The average molecular weight is 232 g/mol. The summed E-state index contributed by atoms with van der Waals surface area (Å²) in [5, 5.41) is 0. The number of amides is 1. The summed E-state index contributed by atoms with van der Waals surface area (Å²) in [6, 6.07) is 9.96. The van der Waals surface area contributed by atoms with Crippen LogP contribution in [0.1, 0.15) is 24.8 Å². The molecule has 0 saturated carbocycles. The van der Waals surface area contributed by atoms with E-state index in [0.29, 0.717) is 19.3 Å². The second kappa shape index (κ2) is 6.21. The molecule has 1 unspecified atom stereocenters. The number of hydrogen-bond donors (Lipinski definition) is 2. The largest absolute Gasteiger partial charge is 0.368 e. The van der Waals surface area contributed by atoms with Gasteiger partial charge in [-0.05, 0) is 31.2 Å². The Balaban J connectivity index is 2.61. The van der Waals surface area contributed by atoms with Gasteiger partial charge in [0.25, 0.3) is 0 Å². The number of benzene rings is 1. The van der Waals surface area contributed by atoms with Crippen molar-refractivity contribution in [3.63, 3.8) is 0 Å². The van der Waals surface area contributed by atoms with Crippen LogP contribution in [0, 0.1) is 0 Å². The quantitative estimate of drug-likeness (QED) is 0.703. The molecule has 0 spiro atoms. The van der Waals surface area contributed by atoms with Crippen LogP contribution in [0.25, 0.3) is 0 Å². The summed E-state index contributed by atoms with van der Waals surface area (Å²) in [5.74, 6) is -0.435. The molecule has 0 heterocycles. The Hall–Kier alpha value is -1.61. The van der Waals surface area contributed by atoms with Crippen LogP contribution in [0.4, 0.5) is 0 Å². The number of rotatable bonds is 7. The van der Waals surface area contributed by atoms with Crippen molar-refractivity contribution in [2.45, 2.75) is 31.2 Å². The molecule has 1 aromatic carbocycles. The second-order valence-electron chi connectivity index (χ2n) is 4.33. The minimum atomic E-state index is -0.927. The maximum absolute atomic E-state index is 11.4. The predicted molar refractivity (Wildman–Crippen MR) is 70.3 cm³/mol. The lowest BCUT2D eigenvalue weighted by atomic mass is 9.87. The van der Waals surface area contributed by atoms with Crippen LogP contribution in [0.3, 0.4) is 0 Å². The molecular formula is C14H20N2O. The summed E-state index contributed by atoms with van der Waals surface area (Å²) in [7, 11) is 0. The molecule has 1 atom stereocenters. The molecule has 0 aliphatic rings. The van der Waals surface area contributed by atoms with E-state index in [1.807, 2.05) is 30.3 Å². The second-order valence-corrected chi connectivity index (χ2v) is 4.33. The SMILES string of the molecule is C=CCCC(N)(CCc1ccccc1)C(N)=O. The molecular weight excluding hydrogens is 212 g/mol. The van der Waals surface area contributed by atoms with Crippen LogP contribution in [0.15, 0.2) is 43.0 Å². The number of hydrogen-bond acceptors (Lipinski definition) is 2. The molecule has 1 aromatic rings. The van der Waals surface area contributed by atoms with Gasteiger partial charge in [0.15, 0.2) is 0 Å². The molecule has 17 heavy (non-hydrogen) atoms. The zero-order chi connectivity index (χ0) is 12.7. The number of carbonyl (C=O) groups is 1. The summed E-state index contributed by atoms with van der Waals surface area (Å²) in [6.45, 7) is 3.63. The van der Waals surface area contributed by atoms with Crippen molar-refractivity contribution < 1.29 is 4.79 Å². The molecule has 0 radical (unpaired) electrons. The molecule has 0 saturated heterocycles. The van der Waals surface area contributed by atoms with Crippen molar-refractivity contribution in [1.29, 1.82) is 0 Å². The lowest BCUT2D eigenvalue weighted by Gasteiger charge is -2.25. The number of carbonyl (C=O) groups excluding carboxylic acids is 1. The summed E-state index contributed by atoms with van der Waals surface area (Å²) >= 11 is 0. The van der Waals surface area contributed by atoms with Gasteiger partial charge in [0.1, 0.15) is 0 Å². The molecule has 0 aromatic heterocycles. The molecule has 1 rings (SSSR count). The van der Waals surface area contributed by atoms with Gasteiger partial charge in [-0.3, -0.25) is 4.79 Å². The van der Waals surface area contributed by atoms with Crippen molar-refractivity contribution in [2.24, 2.45) is 11.5 Å². The first-order valence-corrected chi connectivity index (χ1v) is 5.82. The number of primary amides is 1. The zero-order valence-electron chi connectivity index (χ0n) is 10.1. The molecule has 0 bridgehead atoms. The molecule has 0 aliphatic carbocycles. The van der Waals surface area contributed by atoms with E-state index in [1.165, 1.54) is 5.56 Å². The van der Waals surface area contributed by atoms with Crippen LogP contribution >= 0.6 is 0 Å². The number of allylic oxidation sites excluding steroid dienone is 1. The fourth-order valence-corrected chi connectivity index (χ4v) is 1.74. The van der Waals surface area contributed by atoms with Crippen LogP contribution in [0.5, 0.6) is 0 Å². The Morgan fingerprint density at radius 1 is 1.29 bits per heavy atom. The monoisotopic (exact) mass is 232 g/mol. The number of nitrogens with two attached hydrogens (primary N) is 2. The third-order valence-corrected chi connectivity index (χ3v) is 2.99. The molecule has 4 N–H and O–H groups in total. The fourth-order valence-electron chi connectivity index (χ4n) is 1.74. The van der Waals surface area contributed by atoms with E-state index in [0.717, 1.165) is 6.42 Å². The Labute approximate surface area is 103 Å². The van der Waals surface area contributed by atoms with E-state index >= 15 is 0 Å². The van der Waals surface area contributed by atoms with E-state index < -0.39 is 11.4 Å². The average Bonchev–Trinajstić information content (AvgIpc) is 2.35. The standard InChI is InChI=1S/C14H20N2O/c1-2-3-10-14(16,13(15)17)11-9-12-7-5-4-6-8-12/h2,4-8H,1,3,9-11,16H2,(H2,15,17). The third kappa shape index (κ3) is 4.04. The van der Waals surface area contributed by atoms with Crippen molar-refractivity contribution in [3.8, 4) is 0 Å². The smallest absolute Gasteiger partial charge is 0.237 e. The van der Waals surface area contributed by atoms with Gasteiger partial charge in [0.05, 0.1) is 5.54 Å². The molecule has 0 aliphatic heterocycles. The topological polar surface area (TPSA) is 69.1 Å². The van der Waals surface area contributed by atoms with Gasteiger partial charge in [-0.15, -0.1) is 6.58 Å². The highest BCUT2D eigenvalue weighted by atomic mass is 16.1. The van der Waals surface area contributed by atoms with Crippen molar-refractivity contribution in [3.05, 3.63) is 48.6 Å². The summed E-state index contributed by atoms with van der Waals surface area (Å²) in [6.07, 6.45) is 4.34. The van der Waals surface area contributed by atoms with Gasteiger partial charge in [-0.25, -0.2) is 0 Å². The lowest BCUT2D eigenvalue weighted by Crippen LogP contribution is -2.52. The predicted octanol–water partition coefficient (Wildman–Crippen LogP) is 1.77. The minimum absolute atomic E-state index is 0.435. The van der Waals surface area contributed by atoms with Gasteiger partial charge in [0.2, 0.25) is 5.91 Å². The highest BCUT2D eigenvalue weighted by molar-refractivity contribution is 5.84. The molecule has 1 amide bonds. The highest BCUT2D eigenvalue weighted by Crippen LogP contribution is 2.17. The Bertz CT molecular complexity index is 375. The maximum atomic E-state index is 11.4. The van der Waals surface area contributed by atoms with E-state index in [4.69, 9.17) is 11.5 Å². The van der Waals surface area contributed by atoms with Crippen molar-refractivity contribution >= 4 is 5.91 Å². The van der Waals surface area contributed by atoms with Gasteiger partial charge >= 0.3 is 0 Å². The first-order valence-electron chi connectivity index (χ1n) is 5.82. The van der Waals surface area contributed by atoms with E-state index in [9.17, 15) is 4.79 Å². The summed E-state index contributed by atoms with van der Waals surface area (Å²) in [4.78, 5) is 11.4. The van der Waals surface area contributed by atoms with Crippen LogP contribution in [-0.2, 0) is 11.2 Å². The van der Waals surface area contributed by atoms with E-state index in [-0.39, 0.29) is 0 Å². The van der Waals surface area contributed by atoms with Crippen LogP contribution in [0.2, 0.25) is 0 Å². The van der Waals surface area contributed by atoms with Crippen molar-refractivity contribution in [1.82, 2.24) is 0 Å². The van der Waals surface area contributed by atoms with Gasteiger partial charge in [0, 0.05) is 0 Å². The minimum Gasteiger partial charge on any atom is -0.368 e. The van der Waals surface area contributed by atoms with Gasteiger partial charge in [-0.1, -0.05) is 36.4 Å². The molecule has 3 nitrogen and oxygen atoms in total.